The molecule has 0 aromatic heterocycles. The van der Waals surface area contributed by atoms with Crippen LogP contribution < -0.4 is 39.4 Å². The van der Waals surface area contributed by atoms with Gasteiger partial charge in [-0.15, -0.1) is 0 Å². The van der Waals surface area contributed by atoms with Crippen molar-refractivity contribution >= 4 is 10.1 Å². The molecular formula is C26H37NaO5S. The molecule has 33 heavy (non-hydrogen) atoms. The zero-order valence-corrected chi connectivity index (χ0v) is 23.0. The smallest absolute Gasteiger partial charge is 0.870 e. The van der Waals surface area contributed by atoms with E-state index in [1.54, 1.807) is 12.1 Å². The van der Waals surface area contributed by atoms with Gasteiger partial charge in [0.25, 0.3) is 10.1 Å². The Morgan fingerprint density at radius 3 is 1.94 bits per heavy atom. The fourth-order valence-electron chi connectivity index (χ4n) is 3.79. The average molecular weight is 485 g/mol. The van der Waals surface area contributed by atoms with Gasteiger partial charge in [-0.25, -0.2) is 0 Å². The molecule has 0 aliphatic carbocycles. The van der Waals surface area contributed by atoms with Crippen LogP contribution in [0.2, 0.25) is 0 Å². The van der Waals surface area contributed by atoms with E-state index in [0.29, 0.717) is 0 Å². The van der Waals surface area contributed by atoms with Crippen molar-refractivity contribution in [1.29, 1.82) is 0 Å². The normalized spacial score (nSPS) is 11.2. The number of rotatable bonds is 16. The van der Waals surface area contributed by atoms with E-state index in [9.17, 15) is 13.5 Å². The standard InChI is InChI=1S/C26H38O5S.Na/c1-2-3-4-5-6-7-8-9-10-11-12-13-15-22-18-19-26(25(27)20-22)31-23-16-14-17-24(21-23)32(28,29)30;/h14,16-21,27H,2-13,15H2,1H3,(H,28,29,30);/q;+1/p-1. The van der Waals surface area contributed by atoms with Crippen molar-refractivity contribution in [3.8, 4) is 17.2 Å². The van der Waals surface area contributed by atoms with Crippen molar-refractivity contribution in [3.05, 3.63) is 48.0 Å². The summed E-state index contributed by atoms with van der Waals surface area (Å²) in [4.78, 5) is -0.272. The molecule has 0 heterocycles. The second-order valence-electron chi connectivity index (χ2n) is 8.47. The fourth-order valence-corrected chi connectivity index (χ4v) is 4.30. The van der Waals surface area contributed by atoms with E-state index < -0.39 is 10.1 Å². The van der Waals surface area contributed by atoms with Gasteiger partial charge in [0.15, 0.2) is 0 Å². The molecule has 0 unspecified atom stereocenters. The quantitative estimate of drug-likeness (QED) is 0.221. The van der Waals surface area contributed by atoms with Crippen LogP contribution in [0.5, 0.6) is 17.2 Å². The molecular weight excluding hydrogens is 447 g/mol. The van der Waals surface area contributed by atoms with Gasteiger partial charge < -0.3 is 9.84 Å². The number of aryl methyl sites for hydroxylation is 1. The van der Waals surface area contributed by atoms with Crippen molar-refractivity contribution in [2.45, 2.75) is 95.3 Å². The summed E-state index contributed by atoms with van der Waals surface area (Å²) in [5.74, 6) is 0.0839. The molecule has 178 valence electrons. The molecule has 2 rings (SSSR count). The zero-order valence-electron chi connectivity index (χ0n) is 20.2. The molecule has 1 N–H and O–H groups in total. The third-order valence-electron chi connectivity index (χ3n) is 5.66. The third-order valence-corrected chi connectivity index (χ3v) is 6.51. The van der Waals surface area contributed by atoms with Crippen molar-refractivity contribution in [3.63, 3.8) is 0 Å². The Balaban J connectivity index is 0.00000544. The first-order chi connectivity index (χ1) is 15.4. The monoisotopic (exact) mass is 484 g/mol. The van der Waals surface area contributed by atoms with Gasteiger partial charge in [0, 0.05) is 6.07 Å². The van der Waals surface area contributed by atoms with Gasteiger partial charge >= 0.3 is 29.6 Å². The molecule has 0 spiro atoms. The SMILES string of the molecule is CCCCCCCCCCCCCCc1ccc(Oc2cccc(S(=O)(=O)O)c2)c([O-])c1.[Na+]. The minimum Gasteiger partial charge on any atom is -0.870 e. The number of hydrogen-bond donors (Lipinski definition) is 1. The molecule has 2 aromatic rings. The second kappa shape index (κ2) is 16.6. The van der Waals surface area contributed by atoms with Crippen LogP contribution in [0.15, 0.2) is 47.4 Å². The first-order valence-corrected chi connectivity index (χ1v) is 13.4. The predicted molar refractivity (Wildman–Crippen MR) is 127 cm³/mol. The van der Waals surface area contributed by atoms with Gasteiger partial charge in [-0.2, -0.15) is 8.42 Å². The Morgan fingerprint density at radius 2 is 1.39 bits per heavy atom. The summed E-state index contributed by atoms with van der Waals surface area (Å²) >= 11 is 0. The molecule has 0 amide bonds. The Morgan fingerprint density at radius 1 is 0.818 bits per heavy atom. The fraction of sp³-hybridized carbons (Fsp3) is 0.538. The van der Waals surface area contributed by atoms with Gasteiger partial charge in [-0.3, -0.25) is 4.55 Å². The number of ether oxygens (including phenoxy) is 1. The minimum atomic E-state index is -4.32. The molecule has 0 aliphatic rings. The summed E-state index contributed by atoms with van der Waals surface area (Å²) < 4.78 is 37.2. The van der Waals surface area contributed by atoms with Crippen LogP contribution in [0.3, 0.4) is 0 Å². The maximum atomic E-state index is 12.4. The van der Waals surface area contributed by atoms with Crippen molar-refractivity contribution < 1.29 is 52.4 Å². The summed E-state index contributed by atoms with van der Waals surface area (Å²) in [6, 6.07) is 10.5. The summed E-state index contributed by atoms with van der Waals surface area (Å²) in [6.45, 7) is 2.25. The van der Waals surface area contributed by atoms with E-state index in [4.69, 9.17) is 9.29 Å². The van der Waals surface area contributed by atoms with E-state index in [-0.39, 0.29) is 51.7 Å². The molecule has 7 heteroatoms. The van der Waals surface area contributed by atoms with Gasteiger partial charge in [0.05, 0.1) is 4.90 Å². The molecule has 0 fully saturated rings. The molecule has 0 bridgehead atoms. The Hall–Kier alpha value is -1.05. The maximum absolute atomic E-state index is 12.4. The molecule has 2 aromatic carbocycles. The molecule has 0 saturated carbocycles. The van der Waals surface area contributed by atoms with Crippen LogP contribution >= 0.6 is 0 Å². The van der Waals surface area contributed by atoms with Crippen LogP contribution in [-0.4, -0.2) is 13.0 Å². The largest absolute Gasteiger partial charge is 1.00 e. The van der Waals surface area contributed by atoms with Gasteiger partial charge in [-0.1, -0.05) is 102 Å². The Bertz CT molecular complexity index is 915. The average Bonchev–Trinajstić information content (AvgIpc) is 2.76. The maximum Gasteiger partial charge on any atom is 1.00 e. The summed E-state index contributed by atoms with van der Waals surface area (Å²) in [6.07, 6.45) is 16.5. The van der Waals surface area contributed by atoms with E-state index in [2.05, 4.69) is 6.92 Å². The van der Waals surface area contributed by atoms with E-state index >= 15 is 0 Å². The summed E-state index contributed by atoms with van der Waals surface area (Å²) in [7, 11) is -4.32. The third kappa shape index (κ3) is 12.3. The predicted octanol–water partition coefficient (Wildman–Crippen LogP) is 4.05. The summed E-state index contributed by atoms with van der Waals surface area (Å²) in [5, 5.41) is 12.4. The van der Waals surface area contributed by atoms with Crippen LogP contribution in [0.4, 0.5) is 0 Å². The van der Waals surface area contributed by atoms with Crippen LogP contribution in [0, 0.1) is 0 Å². The van der Waals surface area contributed by atoms with Crippen molar-refractivity contribution in [1.82, 2.24) is 0 Å². The van der Waals surface area contributed by atoms with Crippen LogP contribution in [0.25, 0.3) is 0 Å². The number of benzene rings is 2. The van der Waals surface area contributed by atoms with Gasteiger partial charge in [-0.05, 0) is 36.6 Å². The first kappa shape index (κ1) is 30.0. The van der Waals surface area contributed by atoms with Gasteiger partial charge in [0.1, 0.15) is 11.5 Å². The molecule has 0 atom stereocenters. The first-order valence-electron chi connectivity index (χ1n) is 12.0. The molecule has 0 saturated heterocycles. The Kier molecular flexibility index (Phi) is 15.0. The number of hydrogen-bond acceptors (Lipinski definition) is 4. The molecule has 0 aliphatic heterocycles. The topological polar surface area (TPSA) is 86.7 Å². The van der Waals surface area contributed by atoms with E-state index in [1.807, 2.05) is 6.07 Å². The van der Waals surface area contributed by atoms with Gasteiger partial charge in [0.2, 0.25) is 0 Å². The second-order valence-corrected chi connectivity index (χ2v) is 9.89. The number of unbranched alkanes of at least 4 members (excludes halogenated alkanes) is 11. The molecule has 5 nitrogen and oxygen atoms in total. The van der Waals surface area contributed by atoms with Crippen LogP contribution in [-0.2, 0) is 16.5 Å². The summed E-state index contributed by atoms with van der Waals surface area (Å²) in [5.41, 5.74) is 0.987. The van der Waals surface area contributed by atoms with E-state index in [0.717, 1.165) is 18.4 Å². The van der Waals surface area contributed by atoms with Crippen molar-refractivity contribution in [2.24, 2.45) is 0 Å². The zero-order chi connectivity index (χ0) is 23.2. The minimum absolute atomic E-state index is 0. The Labute approximate surface area is 222 Å². The van der Waals surface area contributed by atoms with E-state index in [1.165, 1.54) is 94.9 Å². The van der Waals surface area contributed by atoms with Crippen LogP contribution in [0.1, 0.15) is 89.5 Å². The molecule has 0 radical (unpaired) electrons. The van der Waals surface area contributed by atoms with Crippen molar-refractivity contribution in [2.75, 3.05) is 0 Å².